The SMILES string of the molecule is CN1N=C(Br)N(c2ccc(C3CC3)c3ccccc23)[C@@H]1SCC(=O)OCc1ccccc1. The van der Waals surface area contributed by atoms with Crippen LogP contribution in [0.1, 0.15) is 29.9 Å². The highest BCUT2D eigenvalue weighted by Gasteiger charge is 2.35. The summed E-state index contributed by atoms with van der Waals surface area (Å²) >= 11 is 5.15. The number of fused-ring (bicyclic) bond motifs is 1. The summed E-state index contributed by atoms with van der Waals surface area (Å²) in [6.07, 6.45) is 2.54. The fraction of sp³-hybridized carbons (Fsp3) is 0.280. The minimum atomic E-state index is -0.232. The summed E-state index contributed by atoms with van der Waals surface area (Å²) in [6, 6.07) is 22.7. The first kappa shape index (κ1) is 21.3. The molecule has 1 atom stereocenters. The van der Waals surface area contributed by atoms with Crippen molar-refractivity contribution >= 4 is 54.9 Å². The van der Waals surface area contributed by atoms with Crippen LogP contribution >= 0.6 is 27.7 Å². The Morgan fingerprint density at radius 2 is 1.78 bits per heavy atom. The number of carbonyl (C=O) groups excluding carboxylic acids is 1. The maximum atomic E-state index is 12.4. The molecule has 1 heterocycles. The van der Waals surface area contributed by atoms with Crippen LogP contribution in [-0.4, -0.2) is 34.0 Å². The third-order valence-corrected chi connectivity index (χ3v) is 7.54. The summed E-state index contributed by atoms with van der Waals surface area (Å²) in [5.41, 5.74) is 3.35. The van der Waals surface area contributed by atoms with E-state index in [1.54, 1.807) is 0 Å². The molecule has 3 aromatic carbocycles. The van der Waals surface area contributed by atoms with Gasteiger partial charge in [-0.3, -0.25) is 14.7 Å². The summed E-state index contributed by atoms with van der Waals surface area (Å²) in [4.78, 5) is 14.6. The zero-order valence-corrected chi connectivity index (χ0v) is 20.2. The summed E-state index contributed by atoms with van der Waals surface area (Å²) in [7, 11) is 1.93. The molecular weight excluding hydrogens is 486 g/mol. The van der Waals surface area contributed by atoms with E-state index in [4.69, 9.17) is 4.74 Å². The summed E-state index contributed by atoms with van der Waals surface area (Å²) in [6.45, 7) is 0.290. The lowest BCUT2D eigenvalue weighted by atomic mass is 9.99. The predicted octanol–water partition coefficient (Wildman–Crippen LogP) is 5.90. The smallest absolute Gasteiger partial charge is 0.316 e. The number of ether oxygens (including phenoxy) is 1. The van der Waals surface area contributed by atoms with Crippen molar-refractivity contribution in [2.45, 2.75) is 30.9 Å². The normalized spacial score (nSPS) is 18.2. The average molecular weight is 510 g/mol. The van der Waals surface area contributed by atoms with Crippen LogP contribution in [0.5, 0.6) is 0 Å². The number of hydrogen-bond acceptors (Lipinski definition) is 6. The molecule has 0 spiro atoms. The van der Waals surface area contributed by atoms with Crippen molar-refractivity contribution in [2.75, 3.05) is 17.7 Å². The van der Waals surface area contributed by atoms with E-state index < -0.39 is 0 Å². The molecule has 1 aliphatic carbocycles. The third kappa shape index (κ3) is 4.36. The highest BCUT2D eigenvalue weighted by atomic mass is 79.9. The van der Waals surface area contributed by atoms with Crippen LogP contribution in [0.15, 0.2) is 71.8 Å². The molecule has 1 aliphatic heterocycles. The Balaban J connectivity index is 1.34. The molecule has 0 amide bonds. The number of esters is 1. The van der Waals surface area contributed by atoms with Crippen molar-refractivity contribution in [1.29, 1.82) is 0 Å². The molecule has 0 aromatic heterocycles. The van der Waals surface area contributed by atoms with Crippen LogP contribution in [0.3, 0.4) is 0 Å². The molecule has 164 valence electrons. The van der Waals surface area contributed by atoms with Gasteiger partial charge in [0.2, 0.25) is 0 Å². The number of halogens is 1. The number of benzene rings is 3. The van der Waals surface area contributed by atoms with Gasteiger partial charge in [-0.2, -0.15) is 0 Å². The van der Waals surface area contributed by atoms with Crippen LogP contribution in [0.25, 0.3) is 10.8 Å². The molecule has 7 heteroatoms. The van der Waals surface area contributed by atoms with E-state index in [0.29, 0.717) is 5.92 Å². The van der Waals surface area contributed by atoms with Gasteiger partial charge in [0.05, 0.1) is 11.4 Å². The van der Waals surface area contributed by atoms with Crippen LogP contribution in [0.4, 0.5) is 5.69 Å². The van der Waals surface area contributed by atoms with Crippen molar-refractivity contribution in [1.82, 2.24) is 5.01 Å². The van der Waals surface area contributed by atoms with E-state index in [1.165, 1.54) is 40.9 Å². The summed E-state index contributed by atoms with van der Waals surface area (Å²) in [5.74, 6) is 0.688. The highest BCUT2D eigenvalue weighted by Crippen LogP contribution is 2.46. The molecule has 0 saturated heterocycles. The van der Waals surface area contributed by atoms with Crippen molar-refractivity contribution < 1.29 is 9.53 Å². The van der Waals surface area contributed by atoms with E-state index in [-0.39, 0.29) is 23.8 Å². The van der Waals surface area contributed by atoms with Crippen LogP contribution in [0.2, 0.25) is 0 Å². The number of amidine groups is 1. The summed E-state index contributed by atoms with van der Waals surface area (Å²) in [5, 5.41) is 8.98. The second-order valence-electron chi connectivity index (χ2n) is 8.09. The Kier molecular flexibility index (Phi) is 6.11. The molecule has 0 bridgehead atoms. The second kappa shape index (κ2) is 9.16. The minimum Gasteiger partial charge on any atom is -0.460 e. The van der Waals surface area contributed by atoms with Gasteiger partial charge in [-0.15, -0.1) is 16.9 Å². The van der Waals surface area contributed by atoms with Gasteiger partial charge in [0.1, 0.15) is 6.61 Å². The average Bonchev–Trinajstić information content (AvgIpc) is 3.61. The molecule has 3 aromatic rings. The standard InChI is InChI=1S/C25H24BrN3O2S/c1-28-25(32-16-23(30)31-15-17-7-3-2-4-8-17)29(24(26)27-28)22-14-13-19(18-11-12-18)20-9-5-6-10-21(20)22/h2-10,13-14,18,25H,11-12,15-16H2,1H3/t25-/m1/s1. The zero-order valence-electron chi connectivity index (χ0n) is 17.8. The molecule has 5 rings (SSSR count). The predicted molar refractivity (Wildman–Crippen MR) is 135 cm³/mol. The van der Waals surface area contributed by atoms with Crippen molar-refractivity contribution in [3.8, 4) is 0 Å². The maximum Gasteiger partial charge on any atom is 0.316 e. The second-order valence-corrected chi connectivity index (χ2v) is 9.84. The Hall–Kier alpha value is -2.51. The van der Waals surface area contributed by atoms with Gasteiger partial charge in [-0.1, -0.05) is 60.7 Å². The van der Waals surface area contributed by atoms with Gasteiger partial charge in [0.25, 0.3) is 0 Å². The first-order chi connectivity index (χ1) is 15.6. The van der Waals surface area contributed by atoms with Gasteiger partial charge >= 0.3 is 5.97 Å². The Morgan fingerprint density at radius 3 is 2.53 bits per heavy atom. The minimum absolute atomic E-state index is 0.149. The topological polar surface area (TPSA) is 45.1 Å². The molecular formula is C25H24BrN3O2S. The lowest BCUT2D eigenvalue weighted by Crippen LogP contribution is -2.38. The van der Waals surface area contributed by atoms with Gasteiger partial charge in [-0.05, 0) is 57.3 Å². The van der Waals surface area contributed by atoms with Crippen LogP contribution in [-0.2, 0) is 16.1 Å². The highest BCUT2D eigenvalue weighted by molar-refractivity contribution is 9.18. The van der Waals surface area contributed by atoms with Crippen molar-refractivity contribution in [2.24, 2.45) is 5.10 Å². The monoisotopic (exact) mass is 509 g/mol. The lowest BCUT2D eigenvalue weighted by Gasteiger charge is -2.29. The molecule has 32 heavy (non-hydrogen) atoms. The Bertz CT molecular complexity index is 1170. The molecule has 0 N–H and O–H groups in total. The van der Waals surface area contributed by atoms with E-state index in [9.17, 15) is 4.79 Å². The fourth-order valence-corrected chi connectivity index (χ4v) is 5.84. The Morgan fingerprint density at radius 1 is 1.06 bits per heavy atom. The quantitative estimate of drug-likeness (QED) is 0.293. The third-order valence-electron chi connectivity index (χ3n) is 5.78. The van der Waals surface area contributed by atoms with E-state index in [1.807, 2.05) is 42.4 Å². The lowest BCUT2D eigenvalue weighted by molar-refractivity contribution is -0.141. The first-order valence-corrected chi connectivity index (χ1v) is 12.5. The fourth-order valence-electron chi connectivity index (χ4n) is 4.08. The van der Waals surface area contributed by atoms with Crippen LogP contribution < -0.4 is 4.90 Å². The number of hydrazone groups is 1. The van der Waals surface area contributed by atoms with Gasteiger partial charge < -0.3 is 4.74 Å². The zero-order chi connectivity index (χ0) is 22.1. The molecule has 5 nitrogen and oxygen atoms in total. The van der Waals surface area contributed by atoms with Gasteiger partial charge in [0, 0.05) is 12.4 Å². The first-order valence-electron chi connectivity index (χ1n) is 10.7. The van der Waals surface area contributed by atoms with Gasteiger partial charge in [0.15, 0.2) is 10.2 Å². The largest absolute Gasteiger partial charge is 0.460 e. The van der Waals surface area contributed by atoms with Crippen LogP contribution in [0, 0.1) is 0 Å². The van der Waals surface area contributed by atoms with Gasteiger partial charge in [-0.25, -0.2) is 0 Å². The number of carbonyl (C=O) groups is 1. The number of anilines is 1. The number of rotatable bonds is 7. The van der Waals surface area contributed by atoms with E-state index >= 15 is 0 Å². The Labute approximate surface area is 200 Å². The van der Waals surface area contributed by atoms with Crippen molar-refractivity contribution in [3.63, 3.8) is 0 Å². The maximum absolute atomic E-state index is 12.4. The molecule has 2 aliphatic rings. The van der Waals surface area contributed by atoms with E-state index in [2.05, 4.69) is 62.3 Å². The number of thioether (sulfide) groups is 1. The molecule has 0 radical (unpaired) electrons. The number of nitrogens with zero attached hydrogens (tertiary/aromatic N) is 3. The van der Waals surface area contributed by atoms with Crippen molar-refractivity contribution in [3.05, 3.63) is 77.9 Å². The molecule has 0 unspecified atom stereocenters. The molecule has 1 fully saturated rings. The number of hydrogen-bond donors (Lipinski definition) is 0. The van der Waals surface area contributed by atoms with E-state index in [0.717, 1.165) is 16.0 Å². The summed E-state index contributed by atoms with van der Waals surface area (Å²) < 4.78 is 6.20. The molecule has 1 saturated carbocycles.